The van der Waals surface area contributed by atoms with E-state index in [-0.39, 0.29) is 39.1 Å². The molecule has 7 fully saturated rings. The van der Waals surface area contributed by atoms with Crippen LogP contribution >= 0.6 is 0 Å². The van der Waals surface area contributed by atoms with Crippen molar-refractivity contribution in [3.05, 3.63) is 23.8 Å². The molecule has 2 saturated heterocycles. The Balaban J connectivity index is 1.09. The lowest BCUT2D eigenvalue weighted by Crippen LogP contribution is -2.68. The highest BCUT2D eigenvalue weighted by atomic mass is 16.5. The van der Waals surface area contributed by atoms with Gasteiger partial charge in [0.15, 0.2) is 0 Å². The van der Waals surface area contributed by atoms with Gasteiger partial charge in [0, 0.05) is 36.4 Å². The molecule has 7 aliphatic rings. The molecule has 5 aliphatic carbocycles. The molecule has 1 amide bonds. The predicted molar refractivity (Wildman–Crippen MR) is 205 cm³/mol. The van der Waals surface area contributed by atoms with Crippen LogP contribution in [0.1, 0.15) is 176 Å². The second-order valence-electron chi connectivity index (χ2n) is 21.2. The standard InChI is InChI=1S/C45H70N4O3/c1-26(2)33-16-21-45(40(51)49-30-12-13-31(49)25-32(24-30)48-28(5)46-47-39(48)27(3)4)23-22-43(10)34(38(33)45)14-15-36-42(9)19-18-37(52-29(6)50)41(7,8)35(42)17-20-44(36,43)11/h27,30-38H,1,12-25H2,2-11H3. The highest BCUT2D eigenvalue weighted by Crippen LogP contribution is 2.78. The van der Waals surface area contributed by atoms with Gasteiger partial charge >= 0.3 is 5.97 Å². The Hall–Kier alpha value is -2.18. The van der Waals surface area contributed by atoms with Crippen molar-refractivity contribution in [2.75, 3.05) is 0 Å². The van der Waals surface area contributed by atoms with E-state index in [2.05, 4.69) is 88.6 Å². The molecule has 12 atom stereocenters. The molecule has 7 nitrogen and oxygen atoms in total. The molecule has 2 bridgehead atoms. The van der Waals surface area contributed by atoms with Gasteiger partial charge in [-0.25, -0.2) is 0 Å². The van der Waals surface area contributed by atoms with Crippen LogP contribution in [0.15, 0.2) is 12.2 Å². The van der Waals surface area contributed by atoms with Crippen molar-refractivity contribution >= 4 is 11.9 Å². The lowest BCUT2D eigenvalue weighted by molar-refractivity contribution is -0.250. The van der Waals surface area contributed by atoms with E-state index in [1.165, 1.54) is 37.7 Å². The summed E-state index contributed by atoms with van der Waals surface area (Å²) in [7, 11) is 0. The molecule has 0 aromatic carbocycles. The Morgan fingerprint density at radius 3 is 2.12 bits per heavy atom. The third-order valence-electron chi connectivity index (χ3n) is 18.5. The van der Waals surface area contributed by atoms with E-state index in [1.807, 2.05) is 0 Å². The molecule has 12 unspecified atom stereocenters. The maximum absolute atomic E-state index is 15.6. The average molecular weight is 715 g/mol. The first-order valence-electron chi connectivity index (χ1n) is 21.5. The fourth-order valence-corrected chi connectivity index (χ4v) is 16.1. The lowest BCUT2D eigenvalue weighted by Gasteiger charge is -2.73. The fraction of sp³-hybridized carbons (Fsp3) is 0.867. The number of nitrogens with zero attached hydrogens (tertiary/aromatic N) is 4. The molecule has 5 saturated carbocycles. The van der Waals surface area contributed by atoms with Gasteiger partial charge in [-0.1, -0.05) is 60.6 Å². The van der Waals surface area contributed by atoms with Crippen molar-refractivity contribution in [1.29, 1.82) is 0 Å². The highest BCUT2D eigenvalue weighted by molar-refractivity contribution is 5.85. The first-order valence-corrected chi connectivity index (χ1v) is 21.5. The zero-order valence-corrected chi connectivity index (χ0v) is 34.4. The maximum Gasteiger partial charge on any atom is 0.302 e. The van der Waals surface area contributed by atoms with Gasteiger partial charge in [-0.2, -0.15) is 0 Å². The van der Waals surface area contributed by atoms with E-state index in [0.29, 0.717) is 59.5 Å². The Bertz CT molecular complexity index is 1620. The summed E-state index contributed by atoms with van der Waals surface area (Å²) in [6.45, 7) is 27.8. The zero-order valence-electron chi connectivity index (χ0n) is 34.4. The van der Waals surface area contributed by atoms with Crippen LogP contribution in [0.4, 0.5) is 0 Å². The number of hydrogen-bond acceptors (Lipinski definition) is 5. The molecule has 0 N–H and O–H groups in total. The van der Waals surface area contributed by atoms with Crippen molar-refractivity contribution < 1.29 is 14.3 Å². The summed E-state index contributed by atoms with van der Waals surface area (Å²) < 4.78 is 8.43. The van der Waals surface area contributed by atoms with E-state index in [1.54, 1.807) is 6.92 Å². The van der Waals surface area contributed by atoms with Gasteiger partial charge in [-0.3, -0.25) is 9.59 Å². The van der Waals surface area contributed by atoms with Gasteiger partial charge in [0.2, 0.25) is 5.91 Å². The third-order valence-corrected chi connectivity index (χ3v) is 18.5. The minimum absolute atomic E-state index is 0.00809. The van der Waals surface area contributed by atoms with Crippen molar-refractivity contribution in [1.82, 2.24) is 19.7 Å². The highest BCUT2D eigenvalue weighted by Gasteiger charge is 2.72. The van der Waals surface area contributed by atoms with Crippen LogP contribution in [0.5, 0.6) is 0 Å². The number of piperidine rings is 1. The van der Waals surface area contributed by atoms with E-state index in [4.69, 9.17) is 4.74 Å². The maximum atomic E-state index is 15.6. The van der Waals surface area contributed by atoms with Gasteiger partial charge < -0.3 is 14.2 Å². The summed E-state index contributed by atoms with van der Waals surface area (Å²) >= 11 is 0. The summed E-state index contributed by atoms with van der Waals surface area (Å²) in [5.41, 5.74) is 1.67. The molecular formula is C45H70N4O3. The van der Waals surface area contributed by atoms with E-state index in [9.17, 15) is 4.79 Å². The summed E-state index contributed by atoms with van der Waals surface area (Å²) in [6.07, 6.45) is 15.7. The predicted octanol–water partition coefficient (Wildman–Crippen LogP) is 9.99. The van der Waals surface area contributed by atoms with Crippen LogP contribution in [-0.4, -0.2) is 49.7 Å². The first-order chi connectivity index (χ1) is 24.4. The Morgan fingerprint density at radius 2 is 1.48 bits per heavy atom. The van der Waals surface area contributed by atoms with Crippen LogP contribution in [0.25, 0.3) is 0 Å². The van der Waals surface area contributed by atoms with Gasteiger partial charge in [0.05, 0.1) is 5.41 Å². The summed E-state index contributed by atoms with van der Waals surface area (Å²) in [5, 5.41) is 9.10. The fourth-order valence-electron chi connectivity index (χ4n) is 16.1. The second kappa shape index (κ2) is 12.2. The lowest BCUT2D eigenvalue weighted by atomic mass is 9.32. The molecule has 1 aromatic rings. The molecule has 1 aromatic heterocycles. The SMILES string of the molecule is C=C(C)C1CCC2(C(=O)N3C4CCC3CC(n3c(C)nnc3C(C)C)C4)CCC3(C)C(CCC4C5(C)CCC(OC(C)=O)C(C)(C)C5CCC43C)C12. The number of amides is 1. The van der Waals surface area contributed by atoms with E-state index in [0.717, 1.165) is 69.4 Å². The van der Waals surface area contributed by atoms with Crippen LogP contribution in [0.3, 0.4) is 0 Å². The number of esters is 1. The Labute approximate surface area is 314 Å². The van der Waals surface area contributed by atoms with Crippen LogP contribution in [0.2, 0.25) is 0 Å². The molecule has 288 valence electrons. The molecular weight excluding hydrogens is 645 g/mol. The van der Waals surface area contributed by atoms with Crippen molar-refractivity contribution in [2.24, 2.45) is 56.7 Å². The van der Waals surface area contributed by atoms with Crippen LogP contribution in [0, 0.1) is 63.6 Å². The van der Waals surface area contributed by atoms with Crippen molar-refractivity contribution in [3.63, 3.8) is 0 Å². The van der Waals surface area contributed by atoms with Crippen LogP contribution in [-0.2, 0) is 14.3 Å². The minimum Gasteiger partial charge on any atom is -0.462 e. The zero-order chi connectivity index (χ0) is 37.3. The smallest absolute Gasteiger partial charge is 0.302 e. The number of hydrogen-bond donors (Lipinski definition) is 0. The molecule has 52 heavy (non-hydrogen) atoms. The summed E-state index contributed by atoms with van der Waals surface area (Å²) in [5.74, 6) is 5.40. The molecule has 7 heteroatoms. The van der Waals surface area contributed by atoms with Gasteiger partial charge in [0.1, 0.15) is 17.8 Å². The van der Waals surface area contributed by atoms with E-state index < -0.39 is 0 Å². The quantitative estimate of drug-likeness (QED) is 0.224. The van der Waals surface area contributed by atoms with E-state index >= 15 is 4.79 Å². The Morgan fingerprint density at radius 1 is 0.788 bits per heavy atom. The first kappa shape index (κ1) is 36.8. The van der Waals surface area contributed by atoms with Gasteiger partial charge in [0.25, 0.3) is 0 Å². The topological polar surface area (TPSA) is 77.3 Å². The molecule has 0 radical (unpaired) electrons. The van der Waals surface area contributed by atoms with Gasteiger partial charge in [-0.05, 0) is 150 Å². The number of aromatic nitrogens is 3. The van der Waals surface area contributed by atoms with Crippen LogP contribution < -0.4 is 0 Å². The Kier molecular flexibility index (Phi) is 8.60. The number of fused-ring (bicyclic) bond motifs is 9. The average Bonchev–Trinajstić information content (AvgIpc) is 3.74. The minimum atomic E-state index is -0.259. The normalized spacial score (nSPS) is 46.2. The van der Waals surface area contributed by atoms with Gasteiger partial charge in [-0.15, -0.1) is 10.2 Å². The number of carbonyl (C=O) groups is 2. The third kappa shape index (κ3) is 4.86. The van der Waals surface area contributed by atoms with Crippen molar-refractivity contribution in [2.45, 2.75) is 189 Å². The molecule has 3 heterocycles. The number of ether oxygens (including phenoxy) is 1. The number of rotatable bonds is 5. The largest absolute Gasteiger partial charge is 0.462 e. The number of carbonyl (C=O) groups excluding carboxylic acids is 2. The monoisotopic (exact) mass is 715 g/mol. The summed E-state index contributed by atoms with van der Waals surface area (Å²) in [6, 6.07) is 1.02. The molecule has 2 aliphatic heterocycles. The second-order valence-corrected chi connectivity index (χ2v) is 21.2. The summed E-state index contributed by atoms with van der Waals surface area (Å²) in [4.78, 5) is 30.2. The van der Waals surface area contributed by atoms with Crippen molar-refractivity contribution in [3.8, 4) is 0 Å². The number of aryl methyl sites for hydroxylation is 1. The molecule has 8 rings (SSSR count). The number of allylic oxidation sites excluding steroid dienone is 1. The molecule has 0 spiro atoms.